The first-order valence-corrected chi connectivity index (χ1v) is 6.43. The van der Waals surface area contributed by atoms with Gasteiger partial charge in [-0.3, -0.25) is 0 Å². The number of hydrogen-bond donors (Lipinski definition) is 1. The molecule has 100 valence electrons. The van der Waals surface area contributed by atoms with Gasteiger partial charge in [0, 0.05) is 32.0 Å². The molecular weight excluding hydrogens is 244 g/mol. The minimum Gasteiger partial charge on any atom is -0.389 e. The number of hydrogen-bond acceptors (Lipinski definition) is 3. The summed E-state index contributed by atoms with van der Waals surface area (Å²) in [4.78, 5) is 2.62. The molecule has 0 atom stereocenters. The predicted octanol–water partition coefficient (Wildman–Crippen LogP) is 2.57. The van der Waals surface area contributed by atoms with E-state index in [2.05, 4.69) is 31.9 Å². The van der Waals surface area contributed by atoms with Gasteiger partial charge in [-0.1, -0.05) is 24.4 Å². The standard InChI is InChI=1S/C14H22N2OS/c1-14(2,17-4)8-9-16(3)12-7-5-6-11(10-12)13(15)18/h5-7,10H,8-9H2,1-4H3,(H2,15,18). The van der Waals surface area contributed by atoms with Crippen LogP contribution in [0.25, 0.3) is 0 Å². The van der Waals surface area contributed by atoms with Gasteiger partial charge in [0.15, 0.2) is 0 Å². The van der Waals surface area contributed by atoms with Gasteiger partial charge in [-0.05, 0) is 32.4 Å². The van der Waals surface area contributed by atoms with Crippen molar-refractivity contribution in [2.24, 2.45) is 5.73 Å². The highest BCUT2D eigenvalue weighted by atomic mass is 32.1. The second-order valence-corrected chi connectivity index (χ2v) is 5.49. The van der Waals surface area contributed by atoms with E-state index >= 15 is 0 Å². The van der Waals surface area contributed by atoms with Crippen molar-refractivity contribution >= 4 is 22.9 Å². The normalized spacial score (nSPS) is 11.3. The first kappa shape index (κ1) is 14.9. The molecule has 0 spiro atoms. The Morgan fingerprint density at radius 3 is 2.67 bits per heavy atom. The third-order valence-electron chi connectivity index (χ3n) is 3.17. The molecule has 0 aliphatic rings. The molecule has 0 saturated heterocycles. The maximum Gasteiger partial charge on any atom is 0.104 e. The van der Waals surface area contributed by atoms with E-state index < -0.39 is 0 Å². The average Bonchev–Trinajstić information content (AvgIpc) is 2.36. The van der Waals surface area contributed by atoms with Crippen molar-refractivity contribution in [3.8, 4) is 0 Å². The third kappa shape index (κ3) is 4.27. The average molecular weight is 266 g/mol. The molecule has 0 fully saturated rings. The summed E-state index contributed by atoms with van der Waals surface area (Å²) < 4.78 is 5.42. The molecule has 2 N–H and O–H groups in total. The maximum absolute atomic E-state index is 5.64. The summed E-state index contributed by atoms with van der Waals surface area (Å²) in [6, 6.07) is 7.98. The van der Waals surface area contributed by atoms with E-state index in [1.165, 1.54) is 0 Å². The smallest absolute Gasteiger partial charge is 0.104 e. The summed E-state index contributed by atoms with van der Waals surface area (Å²) in [6.45, 7) is 5.10. The SMILES string of the molecule is COC(C)(C)CCN(C)c1cccc(C(N)=S)c1. The molecule has 1 aromatic carbocycles. The largest absolute Gasteiger partial charge is 0.389 e. The Hall–Kier alpha value is -1.13. The second-order valence-electron chi connectivity index (χ2n) is 5.05. The van der Waals surface area contributed by atoms with Crippen LogP contribution in [-0.2, 0) is 4.74 Å². The lowest BCUT2D eigenvalue weighted by molar-refractivity contribution is 0.0174. The van der Waals surface area contributed by atoms with E-state index in [9.17, 15) is 0 Å². The zero-order valence-electron chi connectivity index (χ0n) is 11.6. The van der Waals surface area contributed by atoms with Crippen LogP contribution in [0.3, 0.4) is 0 Å². The molecule has 0 bridgehead atoms. The summed E-state index contributed by atoms with van der Waals surface area (Å²) in [5, 5.41) is 0. The van der Waals surface area contributed by atoms with Gasteiger partial charge in [-0.2, -0.15) is 0 Å². The number of anilines is 1. The number of benzene rings is 1. The molecule has 0 unspecified atom stereocenters. The van der Waals surface area contributed by atoms with Gasteiger partial charge >= 0.3 is 0 Å². The summed E-state index contributed by atoms with van der Waals surface area (Å²) >= 11 is 4.99. The van der Waals surface area contributed by atoms with Crippen molar-refractivity contribution in [1.29, 1.82) is 0 Å². The van der Waals surface area contributed by atoms with Gasteiger partial charge in [-0.25, -0.2) is 0 Å². The van der Waals surface area contributed by atoms with Crippen LogP contribution in [-0.4, -0.2) is 31.3 Å². The number of thiocarbonyl (C=S) groups is 1. The number of nitrogens with two attached hydrogens (primary N) is 1. The molecule has 0 aromatic heterocycles. The number of nitrogens with zero attached hydrogens (tertiary/aromatic N) is 1. The molecule has 0 aliphatic heterocycles. The molecular formula is C14H22N2OS. The quantitative estimate of drug-likeness (QED) is 0.803. The van der Waals surface area contributed by atoms with Crippen molar-refractivity contribution in [2.45, 2.75) is 25.9 Å². The third-order valence-corrected chi connectivity index (χ3v) is 3.41. The lowest BCUT2D eigenvalue weighted by atomic mass is 10.0. The van der Waals surface area contributed by atoms with Crippen molar-refractivity contribution in [3.63, 3.8) is 0 Å². The molecule has 0 amide bonds. The Kier molecular flexibility index (Phi) is 5.11. The molecule has 0 saturated carbocycles. The van der Waals surface area contributed by atoms with Crippen LogP contribution in [0, 0.1) is 0 Å². The van der Waals surface area contributed by atoms with Crippen LogP contribution in [0.15, 0.2) is 24.3 Å². The fourth-order valence-corrected chi connectivity index (χ4v) is 1.69. The Morgan fingerprint density at radius 1 is 1.44 bits per heavy atom. The first-order chi connectivity index (χ1) is 8.35. The number of rotatable bonds is 6. The van der Waals surface area contributed by atoms with E-state index in [0.29, 0.717) is 4.99 Å². The summed E-state index contributed by atoms with van der Waals surface area (Å²) in [6.07, 6.45) is 0.956. The minimum absolute atomic E-state index is 0.102. The zero-order chi connectivity index (χ0) is 13.8. The summed E-state index contributed by atoms with van der Waals surface area (Å²) in [5.74, 6) is 0. The van der Waals surface area contributed by atoms with E-state index in [1.54, 1.807) is 7.11 Å². The van der Waals surface area contributed by atoms with Crippen LogP contribution >= 0.6 is 12.2 Å². The highest BCUT2D eigenvalue weighted by molar-refractivity contribution is 7.80. The first-order valence-electron chi connectivity index (χ1n) is 6.02. The molecule has 0 aliphatic carbocycles. The zero-order valence-corrected chi connectivity index (χ0v) is 12.4. The summed E-state index contributed by atoms with van der Waals surface area (Å²) in [5.41, 5.74) is 7.56. The van der Waals surface area contributed by atoms with Crippen molar-refractivity contribution in [1.82, 2.24) is 0 Å². The molecule has 0 radical (unpaired) electrons. The van der Waals surface area contributed by atoms with Crippen LogP contribution in [0.1, 0.15) is 25.8 Å². The molecule has 18 heavy (non-hydrogen) atoms. The van der Waals surface area contributed by atoms with E-state index in [0.717, 1.165) is 24.2 Å². The molecule has 1 rings (SSSR count). The number of methoxy groups -OCH3 is 1. The topological polar surface area (TPSA) is 38.5 Å². The van der Waals surface area contributed by atoms with Crippen LogP contribution < -0.4 is 10.6 Å². The summed E-state index contributed by atoms with van der Waals surface area (Å²) in [7, 11) is 3.80. The van der Waals surface area contributed by atoms with Gasteiger partial charge in [0.05, 0.1) is 5.60 Å². The predicted molar refractivity (Wildman–Crippen MR) is 81.3 cm³/mol. The van der Waals surface area contributed by atoms with Crippen molar-refractivity contribution in [3.05, 3.63) is 29.8 Å². The lowest BCUT2D eigenvalue weighted by Crippen LogP contribution is -2.30. The van der Waals surface area contributed by atoms with E-state index in [-0.39, 0.29) is 5.60 Å². The monoisotopic (exact) mass is 266 g/mol. The van der Waals surface area contributed by atoms with Gasteiger partial charge in [-0.15, -0.1) is 0 Å². The van der Waals surface area contributed by atoms with Crippen molar-refractivity contribution < 1.29 is 4.74 Å². The Labute approximate surface area is 115 Å². The van der Waals surface area contributed by atoms with E-state index in [1.807, 2.05) is 18.2 Å². The fourth-order valence-electron chi connectivity index (χ4n) is 1.56. The highest BCUT2D eigenvalue weighted by Gasteiger charge is 2.17. The van der Waals surface area contributed by atoms with Crippen LogP contribution in [0.2, 0.25) is 0 Å². The van der Waals surface area contributed by atoms with Gasteiger partial charge in [0.25, 0.3) is 0 Å². The van der Waals surface area contributed by atoms with Crippen molar-refractivity contribution in [2.75, 3.05) is 25.6 Å². The Bertz CT molecular complexity index is 418. The molecule has 4 heteroatoms. The van der Waals surface area contributed by atoms with E-state index in [4.69, 9.17) is 22.7 Å². The highest BCUT2D eigenvalue weighted by Crippen LogP contribution is 2.18. The van der Waals surface area contributed by atoms with Gasteiger partial charge < -0.3 is 15.4 Å². The Balaban J connectivity index is 2.69. The Morgan fingerprint density at radius 2 is 2.11 bits per heavy atom. The fraction of sp³-hybridized carbons (Fsp3) is 0.500. The van der Waals surface area contributed by atoms with Crippen LogP contribution in [0.4, 0.5) is 5.69 Å². The molecule has 3 nitrogen and oxygen atoms in total. The lowest BCUT2D eigenvalue weighted by Gasteiger charge is -2.27. The number of ether oxygens (including phenoxy) is 1. The van der Waals surface area contributed by atoms with Gasteiger partial charge in [0.2, 0.25) is 0 Å². The second kappa shape index (κ2) is 6.16. The maximum atomic E-state index is 5.64. The molecule has 0 heterocycles. The molecule has 1 aromatic rings. The minimum atomic E-state index is -0.102. The van der Waals surface area contributed by atoms with Crippen LogP contribution in [0.5, 0.6) is 0 Å². The van der Waals surface area contributed by atoms with Gasteiger partial charge in [0.1, 0.15) is 4.99 Å².